The van der Waals surface area contributed by atoms with Crippen molar-refractivity contribution in [2.75, 3.05) is 13.6 Å². The highest BCUT2D eigenvalue weighted by Crippen LogP contribution is 2.27. The van der Waals surface area contributed by atoms with Crippen LogP contribution in [0.4, 0.5) is 0 Å². The van der Waals surface area contributed by atoms with Crippen molar-refractivity contribution >= 4 is 6.08 Å². The van der Waals surface area contributed by atoms with Gasteiger partial charge in [-0.2, -0.15) is 0 Å². The van der Waals surface area contributed by atoms with E-state index in [-0.39, 0.29) is 0 Å². The van der Waals surface area contributed by atoms with Crippen molar-refractivity contribution < 1.29 is 4.42 Å². The van der Waals surface area contributed by atoms with Crippen LogP contribution in [0, 0.1) is 11.8 Å². The summed E-state index contributed by atoms with van der Waals surface area (Å²) in [4.78, 5) is 2.55. The Hall–Kier alpha value is -1.02. The standard InChI is InChI=1S/C16H25NO/c1-13-7-8-16(17(3)11-13)14(2)5-4-6-15-9-10-18-12-15/h4,6,9-10,12-14,16H,5,7-8,11H2,1-3H3/b6-4+/t13-,14?,16-/m1/s1. The van der Waals surface area contributed by atoms with Crippen molar-refractivity contribution in [3.05, 3.63) is 30.2 Å². The number of nitrogens with zero attached hydrogens (tertiary/aromatic N) is 1. The molecule has 0 N–H and O–H groups in total. The molecule has 1 fully saturated rings. The van der Waals surface area contributed by atoms with Crippen LogP contribution in [0.25, 0.3) is 6.08 Å². The molecule has 0 amide bonds. The maximum atomic E-state index is 5.06. The number of piperidine rings is 1. The van der Waals surface area contributed by atoms with E-state index in [0.29, 0.717) is 0 Å². The van der Waals surface area contributed by atoms with Crippen molar-refractivity contribution in [2.24, 2.45) is 11.8 Å². The zero-order valence-electron chi connectivity index (χ0n) is 11.8. The summed E-state index contributed by atoms with van der Waals surface area (Å²) in [7, 11) is 2.27. The molecule has 1 unspecified atom stereocenters. The minimum absolute atomic E-state index is 0.727. The van der Waals surface area contributed by atoms with Gasteiger partial charge < -0.3 is 9.32 Å². The largest absolute Gasteiger partial charge is 0.472 e. The van der Waals surface area contributed by atoms with Gasteiger partial charge in [0.1, 0.15) is 0 Å². The molecule has 1 saturated heterocycles. The van der Waals surface area contributed by atoms with E-state index in [9.17, 15) is 0 Å². The Balaban J connectivity index is 1.82. The summed E-state index contributed by atoms with van der Waals surface area (Å²) in [6.45, 7) is 5.98. The third-order valence-corrected chi connectivity index (χ3v) is 4.14. The Morgan fingerprint density at radius 1 is 1.50 bits per heavy atom. The van der Waals surface area contributed by atoms with Gasteiger partial charge >= 0.3 is 0 Å². The van der Waals surface area contributed by atoms with Gasteiger partial charge in [0.15, 0.2) is 0 Å². The average molecular weight is 247 g/mol. The first-order chi connectivity index (χ1) is 8.66. The molecule has 0 radical (unpaired) electrons. The molecular weight excluding hydrogens is 222 g/mol. The molecule has 0 aromatic carbocycles. The summed E-state index contributed by atoms with van der Waals surface area (Å²) >= 11 is 0. The molecule has 1 aliphatic rings. The molecule has 2 heteroatoms. The highest BCUT2D eigenvalue weighted by atomic mass is 16.3. The molecule has 0 bridgehead atoms. The molecule has 2 nitrogen and oxygen atoms in total. The van der Waals surface area contributed by atoms with E-state index < -0.39 is 0 Å². The van der Waals surface area contributed by atoms with Gasteiger partial charge in [0.2, 0.25) is 0 Å². The summed E-state index contributed by atoms with van der Waals surface area (Å²) in [6.07, 6.45) is 11.8. The molecule has 100 valence electrons. The predicted molar refractivity (Wildman–Crippen MR) is 76.3 cm³/mol. The summed E-state index contributed by atoms with van der Waals surface area (Å²) < 4.78 is 5.06. The molecule has 1 aliphatic heterocycles. The van der Waals surface area contributed by atoms with E-state index >= 15 is 0 Å². The monoisotopic (exact) mass is 247 g/mol. The Bertz CT molecular complexity index is 368. The van der Waals surface area contributed by atoms with Crippen LogP contribution in [0.1, 0.15) is 38.7 Å². The molecule has 1 aromatic heterocycles. The Kier molecular flexibility index (Phi) is 4.65. The molecule has 0 spiro atoms. The summed E-state index contributed by atoms with van der Waals surface area (Å²) in [5, 5.41) is 0. The molecule has 3 atom stereocenters. The second kappa shape index (κ2) is 6.24. The van der Waals surface area contributed by atoms with Gasteiger partial charge in [-0.1, -0.05) is 26.0 Å². The lowest BCUT2D eigenvalue weighted by Gasteiger charge is -2.39. The van der Waals surface area contributed by atoms with Crippen LogP contribution in [0.5, 0.6) is 0 Å². The fourth-order valence-corrected chi connectivity index (χ4v) is 3.06. The normalized spacial score (nSPS) is 27.7. The smallest absolute Gasteiger partial charge is 0.0974 e. The number of furan rings is 1. The first-order valence-corrected chi connectivity index (χ1v) is 7.06. The van der Waals surface area contributed by atoms with Gasteiger partial charge in [-0.3, -0.25) is 0 Å². The van der Waals surface area contributed by atoms with Crippen molar-refractivity contribution in [1.82, 2.24) is 4.90 Å². The maximum Gasteiger partial charge on any atom is 0.0974 e. The maximum absolute atomic E-state index is 5.06. The fourth-order valence-electron chi connectivity index (χ4n) is 3.06. The van der Waals surface area contributed by atoms with Crippen LogP contribution in [-0.2, 0) is 0 Å². The third-order valence-electron chi connectivity index (χ3n) is 4.14. The summed E-state index contributed by atoms with van der Waals surface area (Å²) in [5.74, 6) is 1.59. The topological polar surface area (TPSA) is 16.4 Å². The zero-order chi connectivity index (χ0) is 13.0. The molecule has 0 saturated carbocycles. The minimum Gasteiger partial charge on any atom is -0.472 e. The Morgan fingerprint density at radius 2 is 2.33 bits per heavy atom. The number of likely N-dealkylation sites (tertiary alicyclic amines) is 1. The van der Waals surface area contributed by atoms with Crippen molar-refractivity contribution in [3.8, 4) is 0 Å². The average Bonchev–Trinajstić information content (AvgIpc) is 2.81. The van der Waals surface area contributed by atoms with E-state index in [4.69, 9.17) is 4.42 Å². The first-order valence-electron chi connectivity index (χ1n) is 7.06. The summed E-state index contributed by atoms with van der Waals surface area (Å²) in [6, 6.07) is 2.74. The van der Waals surface area contributed by atoms with Crippen molar-refractivity contribution in [1.29, 1.82) is 0 Å². The zero-order valence-corrected chi connectivity index (χ0v) is 11.8. The van der Waals surface area contributed by atoms with E-state index in [1.807, 2.05) is 6.07 Å². The van der Waals surface area contributed by atoms with Gasteiger partial charge in [-0.05, 0) is 44.2 Å². The number of allylic oxidation sites excluding steroid dienone is 1. The van der Waals surface area contributed by atoms with E-state index in [0.717, 1.165) is 29.9 Å². The lowest BCUT2D eigenvalue weighted by atomic mass is 9.86. The molecule has 2 heterocycles. The van der Waals surface area contributed by atoms with E-state index in [2.05, 4.69) is 37.9 Å². The van der Waals surface area contributed by atoms with Crippen LogP contribution in [0.3, 0.4) is 0 Å². The molecule has 1 aromatic rings. The molecular formula is C16H25NO. The van der Waals surface area contributed by atoms with Crippen LogP contribution >= 0.6 is 0 Å². The van der Waals surface area contributed by atoms with Gasteiger partial charge in [0.05, 0.1) is 12.5 Å². The van der Waals surface area contributed by atoms with Gasteiger partial charge in [0, 0.05) is 18.2 Å². The first kappa shape index (κ1) is 13.4. The Labute approximate surface area is 111 Å². The second-order valence-electron chi connectivity index (χ2n) is 5.86. The lowest BCUT2D eigenvalue weighted by Crippen LogP contribution is -2.43. The van der Waals surface area contributed by atoms with Crippen LogP contribution < -0.4 is 0 Å². The van der Waals surface area contributed by atoms with Gasteiger partial charge in [-0.15, -0.1) is 0 Å². The fraction of sp³-hybridized carbons (Fsp3) is 0.625. The SMILES string of the molecule is CC(C/C=C/c1ccoc1)[C@H]1CC[C@@H](C)CN1C. The Morgan fingerprint density at radius 3 is 3.00 bits per heavy atom. The summed E-state index contributed by atoms with van der Waals surface area (Å²) in [5.41, 5.74) is 1.16. The second-order valence-corrected chi connectivity index (χ2v) is 5.86. The lowest BCUT2D eigenvalue weighted by molar-refractivity contribution is 0.106. The van der Waals surface area contributed by atoms with Crippen LogP contribution in [0.15, 0.2) is 29.1 Å². The molecule has 2 rings (SSSR count). The molecule has 18 heavy (non-hydrogen) atoms. The van der Waals surface area contributed by atoms with Crippen LogP contribution in [0.2, 0.25) is 0 Å². The highest BCUT2D eigenvalue weighted by molar-refractivity contribution is 5.46. The van der Waals surface area contributed by atoms with E-state index in [1.165, 1.54) is 19.4 Å². The quantitative estimate of drug-likeness (QED) is 0.798. The van der Waals surface area contributed by atoms with Gasteiger partial charge in [0.25, 0.3) is 0 Å². The van der Waals surface area contributed by atoms with Crippen molar-refractivity contribution in [2.45, 2.75) is 39.2 Å². The van der Waals surface area contributed by atoms with Crippen molar-refractivity contribution in [3.63, 3.8) is 0 Å². The predicted octanol–water partition coefficient (Wildman–Crippen LogP) is 4.05. The van der Waals surface area contributed by atoms with Crippen LogP contribution in [-0.4, -0.2) is 24.5 Å². The number of hydrogen-bond donors (Lipinski definition) is 0. The minimum atomic E-state index is 0.727. The number of rotatable bonds is 4. The van der Waals surface area contributed by atoms with Gasteiger partial charge in [-0.25, -0.2) is 0 Å². The third kappa shape index (κ3) is 3.49. The van der Waals surface area contributed by atoms with E-state index in [1.54, 1.807) is 12.5 Å². The molecule has 0 aliphatic carbocycles. The number of hydrogen-bond acceptors (Lipinski definition) is 2. The highest BCUT2D eigenvalue weighted by Gasteiger charge is 2.26.